The maximum absolute atomic E-state index is 13.1. The summed E-state index contributed by atoms with van der Waals surface area (Å²) in [5.74, 6) is 1.05. The average molecular weight is 428 g/mol. The number of hydrogen-bond acceptors (Lipinski definition) is 6. The van der Waals surface area contributed by atoms with Gasteiger partial charge >= 0.3 is 0 Å². The summed E-state index contributed by atoms with van der Waals surface area (Å²) in [6.45, 7) is 0.749. The number of likely N-dealkylation sites (N-methyl/N-ethyl adjacent to an activating group) is 1. The van der Waals surface area contributed by atoms with Crippen molar-refractivity contribution < 1.29 is 18.7 Å². The molecule has 6 nitrogen and oxygen atoms in total. The SMILES string of the molecule is COc1cc(OC)c2c(=O)cc(-c3ccccc3Cl)oc2c1[C@H]1CCN(C)[C@@H]1C=O. The van der Waals surface area contributed by atoms with Gasteiger partial charge in [-0.2, -0.15) is 0 Å². The predicted octanol–water partition coefficient (Wildman–Crippen LogP) is 4.12. The number of fused-ring (bicyclic) bond motifs is 1. The third-order valence-corrected chi connectivity index (χ3v) is 6.10. The number of methoxy groups -OCH3 is 2. The van der Waals surface area contributed by atoms with Crippen LogP contribution in [-0.2, 0) is 4.79 Å². The van der Waals surface area contributed by atoms with Gasteiger partial charge in [0.1, 0.15) is 34.5 Å². The number of rotatable bonds is 5. The summed E-state index contributed by atoms with van der Waals surface area (Å²) < 4.78 is 17.4. The zero-order valence-electron chi connectivity index (χ0n) is 17.0. The number of halogens is 1. The van der Waals surface area contributed by atoms with Crippen molar-refractivity contribution in [3.8, 4) is 22.8 Å². The quantitative estimate of drug-likeness (QED) is 0.570. The van der Waals surface area contributed by atoms with E-state index in [-0.39, 0.29) is 17.4 Å². The molecule has 3 aromatic rings. The molecule has 1 aliphatic rings. The van der Waals surface area contributed by atoms with E-state index in [9.17, 15) is 9.59 Å². The van der Waals surface area contributed by atoms with Crippen LogP contribution in [0.5, 0.6) is 11.5 Å². The smallest absolute Gasteiger partial charge is 0.197 e. The Bertz CT molecular complexity index is 1170. The molecule has 1 aliphatic heterocycles. The van der Waals surface area contributed by atoms with E-state index in [4.69, 9.17) is 25.5 Å². The van der Waals surface area contributed by atoms with Crippen LogP contribution >= 0.6 is 11.6 Å². The second-order valence-electron chi connectivity index (χ2n) is 7.36. The van der Waals surface area contributed by atoms with Gasteiger partial charge in [-0.3, -0.25) is 9.69 Å². The highest BCUT2D eigenvalue weighted by molar-refractivity contribution is 6.33. The highest BCUT2D eigenvalue weighted by Gasteiger charge is 2.37. The first-order valence-corrected chi connectivity index (χ1v) is 10.0. The molecule has 7 heteroatoms. The molecule has 156 valence electrons. The van der Waals surface area contributed by atoms with Crippen molar-refractivity contribution in [1.29, 1.82) is 0 Å². The molecule has 1 saturated heterocycles. The first kappa shape index (κ1) is 20.4. The molecule has 1 fully saturated rings. The molecule has 0 saturated carbocycles. The normalized spacial score (nSPS) is 19.2. The molecule has 0 radical (unpaired) electrons. The summed E-state index contributed by atoms with van der Waals surface area (Å²) in [4.78, 5) is 27.0. The monoisotopic (exact) mass is 427 g/mol. The molecule has 1 aromatic heterocycles. The second kappa shape index (κ2) is 8.13. The van der Waals surface area contributed by atoms with Gasteiger partial charge in [0.2, 0.25) is 0 Å². The minimum Gasteiger partial charge on any atom is -0.496 e. The third kappa shape index (κ3) is 3.26. The predicted molar refractivity (Wildman–Crippen MR) is 116 cm³/mol. The van der Waals surface area contributed by atoms with Gasteiger partial charge in [-0.05, 0) is 32.1 Å². The Hall–Kier alpha value is -2.83. The number of carbonyl (C=O) groups excluding carboxylic acids is 1. The maximum atomic E-state index is 13.1. The van der Waals surface area contributed by atoms with Crippen LogP contribution in [0.4, 0.5) is 0 Å². The van der Waals surface area contributed by atoms with Crippen LogP contribution in [-0.4, -0.2) is 45.0 Å². The molecule has 0 unspecified atom stereocenters. The summed E-state index contributed by atoms with van der Waals surface area (Å²) in [6.07, 6.45) is 1.67. The highest BCUT2D eigenvalue weighted by Crippen LogP contribution is 2.44. The van der Waals surface area contributed by atoms with Gasteiger partial charge in [0, 0.05) is 29.2 Å². The van der Waals surface area contributed by atoms with Crippen LogP contribution in [0.25, 0.3) is 22.3 Å². The molecular weight excluding hydrogens is 406 g/mol. The Morgan fingerprint density at radius 1 is 1.17 bits per heavy atom. The summed E-state index contributed by atoms with van der Waals surface area (Å²) in [5, 5.41) is 0.797. The number of likely N-dealkylation sites (tertiary alicyclic amines) is 1. The Balaban J connectivity index is 2.08. The molecule has 2 heterocycles. The van der Waals surface area contributed by atoms with Crippen molar-refractivity contribution in [1.82, 2.24) is 4.90 Å². The number of nitrogens with zero attached hydrogens (tertiary/aromatic N) is 1. The zero-order valence-corrected chi connectivity index (χ0v) is 17.7. The van der Waals surface area contributed by atoms with E-state index >= 15 is 0 Å². The van der Waals surface area contributed by atoms with Gasteiger partial charge in [-0.15, -0.1) is 0 Å². The molecule has 2 atom stereocenters. The van der Waals surface area contributed by atoms with E-state index < -0.39 is 0 Å². The molecular formula is C23H22ClNO5. The van der Waals surface area contributed by atoms with Gasteiger partial charge in [-0.1, -0.05) is 23.7 Å². The Morgan fingerprint density at radius 2 is 1.90 bits per heavy atom. The molecule has 0 aliphatic carbocycles. The van der Waals surface area contributed by atoms with E-state index in [2.05, 4.69) is 0 Å². The molecule has 0 spiro atoms. The first-order valence-electron chi connectivity index (χ1n) is 9.63. The van der Waals surface area contributed by atoms with Gasteiger partial charge < -0.3 is 18.7 Å². The van der Waals surface area contributed by atoms with Crippen LogP contribution in [0, 0.1) is 0 Å². The molecule has 2 aromatic carbocycles. The van der Waals surface area contributed by atoms with Crippen molar-refractivity contribution in [3.05, 3.63) is 57.2 Å². The number of ether oxygens (including phenoxy) is 2. The lowest BCUT2D eigenvalue weighted by Gasteiger charge is -2.23. The molecule has 0 amide bonds. The van der Waals surface area contributed by atoms with E-state index in [0.717, 1.165) is 19.3 Å². The van der Waals surface area contributed by atoms with Crippen molar-refractivity contribution >= 4 is 28.9 Å². The van der Waals surface area contributed by atoms with Crippen LogP contribution in [0.15, 0.2) is 45.6 Å². The Labute approximate surface area is 179 Å². The lowest BCUT2D eigenvalue weighted by atomic mass is 9.89. The van der Waals surface area contributed by atoms with Gasteiger partial charge in [-0.25, -0.2) is 0 Å². The molecule has 0 bridgehead atoms. The lowest BCUT2D eigenvalue weighted by molar-refractivity contribution is -0.111. The Morgan fingerprint density at radius 3 is 2.57 bits per heavy atom. The summed E-state index contributed by atoms with van der Waals surface area (Å²) >= 11 is 6.35. The second-order valence-corrected chi connectivity index (χ2v) is 7.76. The Kier molecular flexibility index (Phi) is 5.54. The minimum absolute atomic E-state index is 0.180. The highest BCUT2D eigenvalue weighted by atomic mass is 35.5. The van der Waals surface area contributed by atoms with Crippen LogP contribution in [0.1, 0.15) is 17.9 Å². The fraction of sp³-hybridized carbons (Fsp3) is 0.304. The lowest BCUT2D eigenvalue weighted by Crippen LogP contribution is -2.30. The van der Waals surface area contributed by atoms with Crippen molar-refractivity contribution in [3.63, 3.8) is 0 Å². The number of hydrogen-bond donors (Lipinski definition) is 0. The van der Waals surface area contributed by atoms with Crippen LogP contribution < -0.4 is 14.9 Å². The molecule has 30 heavy (non-hydrogen) atoms. The van der Waals surface area contributed by atoms with E-state index in [1.54, 1.807) is 25.3 Å². The number of aldehydes is 1. The minimum atomic E-state index is -0.343. The summed E-state index contributed by atoms with van der Waals surface area (Å²) in [7, 11) is 4.95. The number of carbonyl (C=O) groups is 1. The molecule has 0 N–H and O–H groups in total. The molecule has 4 rings (SSSR count). The van der Waals surface area contributed by atoms with Gasteiger partial charge in [0.05, 0.1) is 25.3 Å². The van der Waals surface area contributed by atoms with Crippen molar-refractivity contribution in [2.24, 2.45) is 0 Å². The summed E-state index contributed by atoms with van der Waals surface area (Å²) in [5.41, 5.74) is 1.42. The van der Waals surface area contributed by atoms with Gasteiger partial charge in [0.25, 0.3) is 0 Å². The fourth-order valence-electron chi connectivity index (χ4n) is 4.26. The van der Waals surface area contributed by atoms with Crippen molar-refractivity contribution in [2.45, 2.75) is 18.4 Å². The zero-order chi connectivity index (χ0) is 21.4. The van der Waals surface area contributed by atoms with E-state index in [1.165, 1.54) is 13.2 Å². The summed E-state index contributed by atoms with van der Waals surface area (Å²) in [6, 6.07) is 9.93. The fourth-order valence-corrected chi connectivity index (χ4v) is 4.48. The van der Waals surface area contributed by atoms with Gasteiger partial charge in [0.15, 0.2) is 5.43 Å². The van der Waals surface area contributed by atoms with E-state index in [0.29, 0.717) is 44.4 Å². The topological polar surface area (TPSA) is 69.0 Å². The van der Waals surface area contributed by atoms with Crippen molar-refractivity contribution in [2.75, 3.05) is 27.8 Å². The largest absolute Gasteiger partial charge is 0.496 e. The maximum Gasteiger partial charge on any atom is 0.197 e. The standard InChI is InChI=1S/C23H22ClNO5/c1-25-9-8-14(16(25)12-26)21-19(28-2)11-20(29-3)22-17(27)10-18(30-23(21)22)13-6-4-5-7-15(13)24/h4-7,10-12,14,16H,8-9H2,1-3H3/t14-,16+/m0/s1. The van der Waals surface area contributed by atoms with Crippen LogP contribution in [0.2, 0.25) is 5.02 Å². The van der Waals surface area contributed by atoms with E-state index in [1.807, 2.05) is 24.1 Å². The average Bonchev–Trinajstić information content (AvgIpc) is 3.12. The number of benzene rings is 2. The third-order valence-electron chi connectivity index (χ3n) is 5.77. The first-order chi connectivity index (χ1) is 14.5. The van der Waals surface area contributed by atoms with Crippen LogP contribution in [0.3, 0.4) is 0 Å².